The van der Waals surface area contributed by atoms with Gasteiger partial charge in [0.1, 0.15) is 25.0 Å². The van der Waals surface area contributed by atoms with E-state index in [9.17, 15) is 25.2 Å². The molecule has 3 unspecified atom stereocenters. The van der Waals surface area contributed by atoms with Crippen molar-refractivity contribution >= 4 is 11.7 Å². The average Bonchev–Trinajstić information content (AvgIpc) is 2.65. The molecule has 0 saturated carbocycles. The number of nitrogens with one attached hydrogen (secondary N) is 1. The van der Waals surface area contributed by atoms with Gasteiger partial charge in [-0.15, -0.1) is 0 Å². The predicted molar refractivity (Wildman–Crippen MR) is 105 cm³/mol. The van der Waals surface area contributed by atoms with Crippen molar-refractivity contribution in [1.29, 1.82) is 5.26 Å². The summed E-state index contributed by atoms with van der Waals surface area (Å²) < 4.78 is 0. The molecule has 0 bridgehead atoms. The van der Waals surface area contributed by atoms with Crippen LogP contribution in [-0.4, -0.2) is 92.4 Å². The highest BCUT2D eigenvalue weighted by molar-refractivity contribution is 5.99. The third-order valence-corrected chi connectivity index (χ3v) is 5.61. The van der Waals surface area contributed by atoms with E-state index in [2.05, 4.69) is 10.3 Å². The van der Waals surface area contributed by atoms with Gasteiger partial charge in [-0.2, -0.15) is 5.26 Å². The van der Waals surface area contributed by atoms with Gasteiger partial charge in [0.2, 0.25) is 5.91 Å². The molecular formula is C19H31N5O5. The van der Waals surface area contributed by atoms with Gasteiger partial charge >= 0.3 is 0 Å². The third kappa shape index (κ3) is 4.60. The first kappa shape index (κ1) is 23.3. The van der Waals surface area contributed by atoms with E-state index in [1.54, 1.807) is 6.07 Å². The molecule has 0 spiro atoms. The van der Waals surface area contributed by atoms with E-state index in [1.807, 2.05) is 13.0 Å². The fourth-order valence-corrected chi connectivity index (χ4v) is 4.30. The second-order valence-corrected chi connectivity index (χ2v) is 7.67. The Balaban J connectivity index is 2.48. The normalized spacial score (nSPS) is 29.8. The van der Waals surface area contributed by atoms with Crippen molar-refractivity contribution in [2.75, 3.05) is 26.9 Å². The van der Waals surface area contributed by atoms with Crippen LogP contribution in [0, 0.1) is 11.3 Å². The van der Waals surface area contributed by atoms with Crippen molar-refractivity contribution in [2.45, 2.75) is 63.1 Å². The van der Waals surface area contributed by atoms with Crippen LogP contribution in [-0.2, 0) is 4.79 Å². The fourth-order valence-electron chi connectivity index (χ4n) is 4.30. The monoisotopic (exact) mass is 409 g/mol. The van der Waals surface area contributed by atoms with Crippen LogP contribution in [0.5, 0.6) is 0 Å². The molecule has 0 radical (unpaired) electrons. The van der Waals surface area contributed by atoms with Crippen molar-refractivity contribution < 1.29 is 25.2 Å². The number of rotatable bonds is 5. The maximum Gasteiger partial charge on any atom is 0.273 e. The van der Waals surface area contributed by atoms with E-state index in [1.165, 1.54) is 18.9 Å². The van der Waals surface area contributed by atoms with E-state index < -0.39 is 36.6 Å². The smallest absolute Gasteiger partial charge is 0.273 e. The van der Waals surface area contributed by atoms with Crippen LogP contribution >= 0.6 is 0 Å². The van der Waals surface area contributed by atoms with Gasteiger partial charge in [-0.05, 0) is 32.7 Å². The number of aliphatic hydroxyl groups is 4. The number of nitrogens with zero attached hydrogens (tertiary/aromatic N) is 4. The fraction of sp³-hybridized carbons (Fsp3) is 0.737. The summed E-state index contributed by atoms with van der Waals surface area (Å²) in [7, 11) is 1.54. The number of likely N-dealkylation sites (N-methyl/N-ethyl adjacent to an activating group) is 1. The molecule has 0 aromatic rings. The SMILES string of the molecule is CCC1NCCC=C1C(=NCO)N(C)C1C(C)(O)CCN(C(=O)CC#N)C1(O)O. The largest absolute Gasteiger partial charge is 0.388 e. The molecule has 10 heteroatoms. The summed E-state index contributed by atoms with van der Waals surface area (Å²) >= 11 is 0. The number of nitriles is 1. The highest BCUT2D eigenvalue weighted by Gasteiger charge is 2.58. The zero-order chi connectivity index (χ0) is 21.8. The summed E-state index contributed by atoms with van der Waals surface area (Å²) in [5.74, 6) is -3.18. The summed E-state index contributed by atoms with van der Waals surface area (Å²) in [5.41, 5.74) is -0.801. The van der Waals surface area contributed by atoms with Crippen LogP contribution in [0.3, 0.4) is 0 Å². The van der Waals surface area contributed by atoms with Crippen molar-refractivity contribution in [3.05, 3.63) is 11.6 Å². The summed E-state index contributed by atoms with van der Waals surface area (Å²) in [6, 6.07) is 0.300. The van der Waals surface area contributed by atoms with Gasteiger partial charge in [0, 0.05) is 25.2 Å². The van der Waals surface area contributed by atoms with Gasteiger partial charge in [-0.25, -0.2) is 4.99 Å². The maximum atomic E-state index is 12.3. The minimum absolute atomic E-state index is 0.0480. The minimum Gasteiger partial charge on any atom is -0.388 e. The van der Waals surface area contributed by atoms with Gasteiger partial charge in [0.25, 0.3) is 5.91 Å². The number of likely N-dealkylation sites (tertiary alicyclic amines) is 1. The molecular weight excluding hydrogens is 378 g/mol. The number of hydrogen-bond donors (Lipinski definition) is 5. The van der Waals surface area contributed by atoms with E-state index >= 15 is 0 Å². The van der Waals surface area contributed by atoms with Gasteiger partial charge < -0.3 is 30.6 Å². The Kier molecular flexibility index (Phi) is 7.37. The topological polar surface area (TPSA) is 153 Å². The number of amides is 1. The number of hydrogen-bond acceptors (Lipinski definition) is 8. The Morgan fingerprint density at radius 1 is 1.48 bits per heavy atom. The van der Waals surface area contributed by atoms with Crippen LogP contribution in [0.15, 0.2) is 16.6 Å². The second-order valence-electron chi connectivity index (χ2n) is 7.67. The first-order valence-corrected chi connectivity index (χ1v) is 9.78. The third-order valence-electron chi connectivity index (χ3n) is 5.61. The standard InChI is InChI=1S/C19H31N5O5/c1-4-14-13(6-5-10-21-14)16(22-12-25)23(3)17-18(2,27)8-11-24(19(17,28)29)15(26)7-9-20/h6,14,17,21,25,27-29H,4-5,7-8,10-12H2,1-3H3. The number of aliphatic hydroxyl groups excluding tert-OH is 1. The molecule has 5 N–H and O–H groups in total. The molecule has 29 heavy (non-hydrogen) atoms. The lowest BCUT2D eigenvalue weighted by Gasteiger charge is -2.54. The molecule has 2 heterocycles. The van der Waals surface area contributed by atoms with E-state index in [-0.39, 0.29) is 19.0 Å². The molecule has 1 saturated heterocycles. The van der Waals surface area contributed by atoms with Crippen LogP contribution < -0.4 is 5.32 Å². The molecule has 10 nitrogen and oxygen atoms in total. The first-order chi connectivity index (χ1) is 13.6. The Morgan fingerprint density at radius 3 is 2.76 bits per heavy atom. The quantitative estimate of drug-likeness (QED) is 0.217. The van der Waals surface area contributed by atoms with Gasteiger partial charge in [0.05, 0.1) is 11.7 Å². The average molecular weight is 409 g/mol. The van der Waals surface area contributed by atoms with Gasteiger partial charge in [0.15, 0.2) is 0 Å². The predicted octanol–water partition coefficient (Wildman–Crippen LogP) is -1.13. The molecule has 0 aromatic carbocycles. The van der Waals surface area contributed by atoms with Crippen LogP contribution in [0.1, 0.15) is 39.5 Å². The summed E-state index contributed by atoms with van der Waals surface area (Å²) in [5, 5.41) is 54.5. The minimum atomic E-state index is -2.75. The van der Waals surface area contributed by atoms with E-state index in [4.69, 9.17) is 5.26 Å². The highest BCUT2D eigenvalue weighted by atomic mass is 16.5. The van der Waals surface area contributed by atoms with Gasteiger partial charge in [-0.3, -0.25) is 9.69 Å². The Hall–Kier alpha value is -2.03. The summed E-state index contributed by atoms with van der Waals surface area (Å²) in [4.78, 5) is 18.6. The molecule has 0 aromatic heterocycles. The van der Waals surface area contributed by atoms with Crippen molar-refractivity contribution in [3.63, 3.8) is 0 Å². The number of aliphatic imine (C=N–C) groups is 1. The van der Waals surface area contributed by atoms with Crippen LogP contribution in [0.25, 0.3) is 0 Å². The lowest BCUT2D eigenvalue weighted by molar-refractivity contribution is -0.323. The Morgan fingerprint density at radius 2 is 2.17 bits per heavy atom. The summed E-state index contributed by atoms with van der Waals surface area (Å²) in [6.45, 7) is 3.61. The van der Waals surface area contributed by atoms with Crippen molar-refractivity contribution in [2.24, 2.45) is 4.99 Å². The first-order valence-electron chi connectivity index (χ1n) is 9.78. The van der Waals surface area contributed by atoms with Crippen molar-refractivity contribution in [3.8, 4) is 6.07 Å². The summed E-state index contributed by atoms with van der Waals surface area (Å²) in [6.07, 6.45) is 3.03. The number of piperidine rings is 1. The molecule has 1 fully saturated rings. The zero-order valence-electron chi connectivity index (χ0n) is 17.2. The highest BCUT2D eigenvalue weighted by Crippen LogP contribution is 2.36. The van der Waals surface area contributed by atoms with Gasteiger partial charge in [-0.1, -0.05) is 13.0 Å². The molecule has 162 valence electrons. The molecule has 2 rings (SSSR count). The zero-order valence-corrected chi connectivity index (χ0v) is 17.2. The molecule has 2 aliphatic heterocycles. The van der Waals surface area contributed by atoms with Crippen LogP contribution in [0.4, 0.5) is 0 Å². The maximum absolute atomic E-state index is 12.3. The molecule has 0 aliphatic carbocycles. The second kappa shape index (κ2) is 9.19. The molecule has 1 amide bonds. The van der Waals surface area contributed by atoms with Crippen LogP contribution in [0.2, 0.25) is 0 Å². The van der Waals surface area contributed by atoms with E-state index in [0.29, 0.717) is 5.84 Å². The number of carbonyl (C=O) groups excluding carboxylic acids is 1. The number of amidine groups is 1. The van der Waals surface area contributed by atoms with E-state index in [0.717, 1.165) is 29.9 Å². The van der Waals surface area contributed by atoms with Crippen molar-refractivity contribution in [1.82, 2.24) is 15.1 Å². The molecule has 2 aliphatic rings. The number of carbonyl (C=O) groups is 1. The molecule has 3 atom stereocenters. The lowest BCUT2D eigenvalue weighted by Crippen LogP contribution is -2.75. The Labute approximate surface area is 170 Å². The Bertz CT molecular complexity index is 712. The lowest BCUT2D eigenvalue weighted by atomic mass is 9.83.